The third-order valence-corrected chi connectivity index (χ3v) is 3.51. The van der Waals surface area contributed by atoms with Crippen molar-refractivity contribution in [1.82, 2.24) is 0 Å². The highest BCUT2D eigenvalue weighted by molar-refractivity contribution is 6.33. The van der Waals surface area contributed by atoms with Gasteiger partial charge in [-0.15, -0.1) is 0 Å². The van der Waals surface area contributed by atoms with Crippen LogP contribution in [0, 0.1) is 17.0 Å². The number of non-ortho nitro benzene ring substituents is 1. The van der Waals surface area contributed by atoms with Gasteiger partial charge >= 0.3 is 0 Å². The molecule has 0 aromatic heterocycles. The predicted octanol–water partition coefficient (Wildman–Crippen LogP) is 3.96. The second-order valence-corrected chi connectivity index (χ2v) is 5.34. The number of anilines is 1. The summed E-state index contributed by atoms with van der Waals surface area (Å²) in [4.78, 5) is 22.4. The fourth-order valence-electron chi connectivity index (χ4n) is 1.89. The highest BCUT2D eigenvalue weighted by Crippen LogP contribution is 2.27. The lowest BCUT2D eigenvalue weighted by molar-refractivity contribution is -0.384. The van der Waals surface area contributed by atoms with Gasteiger partial charge in [-0.2, -0.15) is 0 Å². The molecule has 0 fully saturated rings. The molecule has 2 aromatic carbocycles. The lowest BCUT2D eigenvalue weighted by Gasteiger charge is -2.16. The SMILES string of the molecule is Cc1ccccc1O[C@H](C)C(=O)Nc1cc([N+](=O)[O-])ccc1Cl. The number of para-hydroxylation sites is 1. The van der Waals surface area contributed by atoms with Gasteiger partial charge in [0.2, 0.25) is 0 Å². The van der Waals surface area contributed by atoms with E-state index in [-0.39, 0.29) is 16.4 Å². The quantitative estimate of drug-likeness (QED) is 0.662. The minimum atomic E-state index is -0.786. The first-order chi connectivity index (χ1) is 10.9. The van der Waals surface area contributed by atoms with E-state index in [0.29, 0.717) is 5.75 Å². The molecular formula is C16H15ClN2O4. The molecule has 0 heterocycles. The summed E-state index contributed by atoms with van der Waals surface area (Å²) in [5.41, 5.74) is 0.920. The van der Waals surface area contributed by atoms with E-state index in [9.17, 15) is 14.9 Å². The Labute approximate surface area is 138 Å². The monoisotopic (exact) mass is 334 g/mol. The standard InChI is InChI=1S/C16H15ClN2O4/c1-10-5-3-4-6-15(10)23-11(2)16(20)18-14-9-12(19(21)22)7-8-13(14)17/h3-9,11H,1-2H3,(H,18,20)/t11-/m1/s1. The number of aryl methyl sites for hydroxylation is 1. The van der Waals surface area contributed by atoms with E-state index in [1.165, 1.54) is 18.2 Å². The van der Waals surface area contributed by atoms with Gasteiger partial charge in [-0.1, -0.05) is 29.8 Å². The summed E-state index contributed by atoms with van der Waals surface area (Å²) < 4.78 is 5.61. The molecule has 0 aliphatic heterocycles. The largest absolute Gasteiger partial charge is 0.481 e. The van der Waals surface area contributed by atoms with Crippen molar-refractivity contribution in [3.8, 4) is 5.75 Å². The zero-order valence-electron chi connectivity index (χ0n) is 12.6. The molecule has 0 unspecified atom stereocenters. The molecule has 0 bridgehead atoms. The number of hydrogen-bond acceptors (Lipinski definition) is 4. The molecule has 0 radical (unpaired) electrons. The van der Waals surface area contributed by atoms with Gasteiger partial charge in [0.15, 0.2) is 6.10 Å². The van der Waals surface area contributed by atoms with Crippen LogP contribution in [-0.2, 0) is 4.79 Å². The third-order valence-electron chi connectivity index (χ3n) is 3.19. The number of carbonyl (C=O) groups is 1. The van der Waals surface area contributed by atoms with Crippen LogP contribution < -0.4 is 10.1 Å². The number of ether oxygens (including phenoxy) is 1. The Morgan fingerprint density at radius 3 is 2.65 bits per heavy atom. The predicted molar refractivity (Wildman–Crippen MR) is 88.0 cm³/mol. The van der Waals surface area contributed by atoms with Crippen molar-refractivity contribution in [1.29, 1.82) is 0 Å². The number of nitrogens with zero attached hydrogens (tertiary/aromatic N) is 1. The van der Waals surface area contributed by atoms with Gasteiger partial charge in [0.1, 0.15) is 5.75 Å². The highest BCUT2D eigenvalue weighted by atomic mass is 35.5. The van der Waals surface area contributed by atoms with Crippen LogP contribution in [-0.4, -0.2) is 16.9 Å². The normalized spacial score (nSPS) is 11.6. The molecule has 0 aliphatic carbocycles. The average Bonchev–Trinajstić information content (AvgIpc) is 2.51. The maximum Gasteiger partial charge on any atom is 0.271 e. The van der Waals surface area contributed by atoms with Gasteiger partial charge < -0.3 is 10.1 Å². The van der Waals surface area contributed by atoms with Crippen LogP contribution in [0.5, 0.6) is 5.75 Å². The van der Waals surface area contributed by atoms with Crippen LogP contribution in [0.15, 0.2) is 42.5 Å². The Balaban J connectivity index is 2.11. The summed E-state index contributed by atoms with van der Waals surface area (Å²) >= 11 is 5.96. The van der Waals surface area contributed by atoms with E-state index >= 15 is 0 Å². The van der Waals surface area contributed by atoms with Crippen molar-refractivity contribution in [3.63, 3.8) is 0 Å². The number of carbonyl (C=O) groups excluding carboxylic acids is 1. The Hall–Kier alpha value is -2.60. The summed E-state index contributed by atoms with van der Waals surface area (Å²) in [6.07, 6.45) is -0.786. The van der Waals surface area contributed by atoms with Crippen molar-refractivity contribution < 1.29 is 14.5 Å². The van der Waals surface area contributed by atoms with E-state index in [4.69, 9.17) is 16.3 Å². The van der Waals surface area contributed by atoms with Crippen molar-refractivity contribution in [2.75, 3.05) is 5.32 Å². The van der Waals surface area contributed by atoms with Gasteiger partial charge in [0.25, 0.3) is 11.6 Å². The summed E-state index contributed by atoms with van der Waals surface area (Å²) in [5, 5.41) is 13.5. The fourth-order valence-corrected chi connectivity index (χ4v) is 2.05. The molecule has 120 valence electrons. The number of rotatable bonds is 5. The molecule has 23 heavy (non-hydrogen) atoms. The summed E-state index contributed by atoms with van der Waals surface area (Å²) in [7, 11) is 0. The van der Waals surface area contributed by atoms with Gasteiger partial charge in [-0.05, 0) is 31.5 Å². The van der Waals surface area contributed by atoms with Gasteiger partial charge in [0, 0.05) is 12.1 Å². The maximum absolute atomic E-state index is 12.2. The van der Waals surface area contributed by atoms with E-state index in [1.54, 1.807) is 13.0 Å². The zero-order chi connectivity index (χ0) is 17.0. The molecule has 0 saturated heterocycles. The first kappa shape index (κ1) is 16.8. The number of benzene rings is 2. The number of nitrogens with one attached hydrogen (secondary N) is 1. The summed E-state index contributed by atoms with van der Waals surface area (Å²) in [6.45, 7) is 3.46. The fraction of sp³-hybridized carbons (Fsp3) is 0.188. The van der Waals surface area contributed by atoms with E-state index in [2.05, 4.69) is 5.32 Å². The molecule has 6 nitrogen and oxygen atoms in total. The zero-order valence-corrected chi connectivity index (χ0v) is 13.3. The minimum absolute atomic E-state index is 0.155. The maximum atomic E-state index is 12.2. The third kappa shape index (κ3) is 4.20. The summed E-state index contributed by atoms with van der Waals surface area (Å²) in [6, 6.07) is 11.2. The van der Waals surface area contributed by atoms with Crippen LogP contribution in [0.2, 0.25) is 5.02 Å². The Kier molecular flexibility index (Phi) is 5.18. The molecule has 0 spiro atoms. The minimum Gasteiger partial charge on any atom is -0.481 e. The molecule has 1 amide bonds. The van der Waals surface area contributed by atoms with E-state index < -0.39 is 16.9 Å². The average molecular weight is 335 g/mol. The van der Waals surface area contributed by atoms with Gasteiger partial charge in [0.05, 0.1) is 15.6 Å². The Morgan fingerprint density at radius 1 is 1.30 bits per heavy atom. The van der Waals surface area contributed by atoms with Crippen molar-refractivity contribution >= 4 is 28.9 Å². The number of nitro groups is 1. The van der Waals surface area contributed by atoms with Crippen molar-refractivity contribution in [2.45, 2.75) is 20.0 Å². The molecule has 0 saturated carbocycles. The molecule has 1 atom stereocenters. The van der Waals surface area contributed by atoms with Crippen LogP contribution in [0.4, 0.5) is 11.4 Å². The molecule has 0 aliphatic rings. The van der Waals surface area contributed by atoms with Crippen LogP contribution in [0.3, 0.4) is 0 Å². The number of hydrogen-bond donors (Lipinski definition) is 1. The molecule has 2 aromatic rings. The second-order valence-electron chi connectivity index (χ2n) is 4.94. The smallest absolute Gasteiger partial charge is 0.271 e. The first-order valence-corrected chi connectivity index (χ1v) is 7.23. The molecule has 7 heteroatoms. The van der Waals surface area contributed by atoms with Crippen LogP contribution in [0.1, 0.15) is 12.5 Å². The number of amides is 1. The molecule has 1 N–H and O–H groups in total. The Morgan fingerprint density at radius 2 is 2.00 bits per heavy atom. The van der Waals surface area contributed by atoms with Crippen LogP contribution >= 0.6 is 11.6 Å². The highest BCUT2D eigenvalue weighted by Gasteiger charge is 2.18. The lowest BCUT2D eigenvalue weighted by Crippen LogP contribution is -2.30. The first-order valence-electron chi connectivity index (χ1n) is 6.85. The van der Waals surface area contributed by atoms with Gasteiger partial charge in [-0.3, -0.25) is 14.9 Å². The van der Waals surface area contributed by atoms with E-state index in [1.807, 2.05) is 25.1 Å². The Bertz CT molecular complexity index is 749. The summed E-state index contributed by atoms with van der Waals surface area (Å²) in [5.74, 6) is 0.149. The van der Waals surface area contributed by atoms with Crippen LogP contribution in [0.25, 0.3) is 0 Å². The topological polar surface area (TPSA) is 81.5 Å². The molecule has 2 rings (SSSR count). The number of halogens is 1. The second kappa shape index (κ2) is 7.11. The van der Waals surface area contributed by atoms with Crippen molar-refractivity contribution in [3.05, 3.63) is 63.2 Å². The molecular weight excluding hydrogens is 320 g/mol. The lowest BCUT2D eigenvalue weighted by atomic mass is 10.2. The van der Waals surface area contributed by atoms with Crippen molar-refractivity contribution in [2.24, 2.45) is 0 Å². The van der Waals surface area contributed by atoms with E-state index in [0.717, 1.165) is 5.56 Å². The number of nitro benzene ring substituents is 1. The van der Waals surface area contributed by atoms with Gasteiger partial charge in [-0.25, -0.2) is 0 Å².